The van der Waals surface area contributed by atoms with E-state index in [1.165, 1.54) is 0 Å². The van der Waals surface area contributed by atoms with Crippen molar-refractivity contribution in [3.63, 3.8) is 0 Å². The molecule has 0 aliphatic carbocycles. The van der Waals surface area contributed by atoms with Crippen LogP contribution < -0.4 is 10.9 Å². The Kier molecular flexibility index (Phi) is 3.56. The average molecular weight is 329 g/mol. The first kappa shape index (κ1) is 12.9. The molecule has 1 aromatic heterocycles. The Balaban J connectivity index is 1.86. The van der Waals surface area contributed by atoms with Gasteiger partial charge in [-0.25, -0.2) is 0 Å². The lowest BCUT2D eigenvalue weighted by Crippen LogP contribution is -2.10. The summed E-state index contributed by atoms with van der Waals surface area (Å²) < 4.78 is 1.05. The molecule has 3 rings (SSSR count). The van der Waals surface area contributed by atoms with Gasteiger partial charge in [-0.05, 0) is 35.2 Å². The normalized spacial score (nSPS) is 10.7. The van der Waals surface area contributed by atoms with Gasteiger partial charge in [-0.15, -0.1) is 0 Å². The molecule has 0 radical (unpaired) electrons. The predicted octanol–water partition coefficient (Wildman–Crippen LogP) is 3.90. The molecule has 2 aromatic carbocycles. The van der Waals surface area contributed by atoms with Crippen LogP contribution in [0.3, 0.4) is 0 Å². The summed E-state index contributed by atoms with van der Waals surface area (Å²) in [6, 6.07) is 17.6. The lowest BCUT2D eigenvalue weighted by atomic mass is 10.2. The second kappa shape index (κ2) is 5.51. The van der Waals surface area contributed by atoms with Crippen LogP contribution in [-0.2, 0) is 6.54 Å². The average Bonchev–Trinajstić information content (AvgIpc) is 2.45. The van der Waals surface area contributed by atoms with Gasteiger partial charge in [-0.3, -0.25) is 4.79 Å². The number of aromatic amines is 1. The molecule has 0 saturated heterocycles. The molecule has 3 nitrogen and oxygen atoms in total. The number of fused-ring (bicyclic) bond motifs is 1. The summed E-state index contributed by atoms with van der Waals surface area (Å²) >= 11 is 3.45. The minimum Gasteiger partial charge on any atom is -0.367 e. The highest BCUT2D eigenvalue weighted by molar-refractivity contribution is 9.10. The number of rotatable bonds is 3. The van der Waals surface area contributed by atoms with E-state index in [9.17, 15) is 4.79 Å². The van der Waals surface area contributed by atoms with Crippen LogP contribution >= 0.6 is 15.9 Å². The van der Waals surface area contributed by atoms with Crippen LogP contribution in [0.5, 0.6) is 0 Å². The third kappa shape index (κ3) is 2.75. The lowest BCUT2D eigenvalue weighted by Gasteiger charge is -2.08. The van der Waals surface area contributed by atoms with Crippen molar-refractivity contribution >= 4 is 32.5 Å². The molecule has 100 valence electrons. The number of aromatic nitrogens is 1. The largest absolute Gasteiger partial charge is 0.367 e. The monoisotopic (exact) mass is 328 g/mol. The van der Waals surface area contributed by atoms with Crippen LogP contribution in [-0.4, -0.2) is 4.98 Å². The van der Waals surface area contributed by atoms with Crippen LogP contribution in [0.4, 0.5) is 5.82 Å². The molecule has 0 fully saturated rings. The maximum absolute atomic E-state index is 12.0. The van der Waals surface area contributed by atoms with Crippen molar-refractivity contribution in [2.75, 3.05) is 5.32 Å². The number of hydrogen-bond donors (Lipinski definition) is 2. The maximum Gasteiger partial charge on any atom is 0.257 e. The minimum atomic E-state index is -0.0696. The Bertz CT molecular complexity index is 811. The summed E-state index contributed by atoms with van der Waals surface area (Å²) in [5.41, 5.74) is 1.08. The SMILES string of the molecule is O=c1[nH]c(NCc2cccc(Br)c2)cc2ccccc12. The van der Waals surface area contributed by atoms with Gasteiger partial charge in [0, 0.05) is 16.4 Å². The molecule has 0 atom stereocenters. The lowest BCUT2D eigenvalue weighted by molar-refractivity contribution is 1.10. The number of nitrogens with one attached hydrogen (secondary N) is 2. The zero-order valence-electron chi connectivity index (χ0n) is 10.7. The van der Waals surface area contributed by atoms with Gasteiger partial charge in [0.05, 0.1) is 0 Å². The van der Waals surface area contributed by atoms with Gasteiger partial charge in [-0.1, -0.05) is 46.3 Å². The van der Waals surface area contributed by atoms with Gasteiger partial charge in [0.15, 0.2) is 0 Å². The quantitative estimate of drug-likeness (QED) is 0.765. The van der Waals surface area contributed by atoms with Gasteiger partial charge in [-0.2, -0.15) is 0 Å². The molecule has 3 aromatic rings. The highest BCUT2D eigenvalue weighted by Gasteiger charge is 2.01. The van der Waals surface area contributed by atoms with E-state index in [4.69, 9.17) is 0 Å². The van der Waals surface area contributed by atoms with Crippen LogP contribution in [0.2, 0.25) is 0 Å². The highest BCUT2D eigenvalue weighted by Crippen LogP contribution is 2.15. The summed E-state index contributed by atoms with van der Waals surface area (Å²) in [6.45, 7) is 0.660. The van der Waals surface area contributed by atoms with Crippen molar-refractivity contribution in [1.82, 2.24) is 4.98 Å². The maximum atomic E-state index is 12.0. The predicted molar refractivity (Wildman–Crippen MR) is 86.0 cm³/mol. The van der Waals surface area contributed by atoms with E-state index < -0.39 is 0 Å². The van der Waals surface area contributed by atoms with Crippen LogP contribution in [0.25, 0.3) is 10.8 Å². The molecule has 1 heterocycles. The zero-order valence-corrected chi connectivity index (χ0v) is 12.3. The second-order valence-electron chi connectivity index (χ2n) is 4.58. The van der Waals surface area contributed by atoms with E-state index in [2.05, 4.69) is 26.2 Å². The number of pyridine rings is 1. The summed E-state index contributed by atoms with van der Waals surface area (Å²) in [5.74, 6) is 0.730. The van der Waals surface area contributed by atoms with E-state index in [0.29, 0.717) is 11.9 Å². The molecular weight excluding hydrogens is 316 g/mol. The second-order valence-corrected chi connectivity index (χ2v) is 5.50. The molecule has 20 heavy (non-hydrogen) atoms. The smallest absolute Gasteiger partial charge is 0.257 e. The van der Waals surface area contributed by atoms with Crippen molar-refractivity contribution in [3.05, 3.63) is 75.0 Å². The van der Waals surface area contributed by atoms with Gasteiger partial charge in [0.1, 0.15) is 5.82 Å². The fraction of sp³-hybridized carbons (Fsp3) is 0.0625. The number of hydrogen-bond acceptors (Lipinski definition) is 2. The Hall–Kier alpha value is -2.07. The summed E-state index contributed by atoms with van der Waals surface area (Å²) in [5, 5.41) is 4.89. The number of H-pyrrole nitrogens is 1. The molecule has 0 unspecified atom stereocenters. The van der Waals surface area contributed by atoms with E-state index in [-0.39, 0.29) is 5.56 Å². The first-order valence-corrected chi connectivity index (χ1v) is 7.12. The molecule has 0 spiro atoms. The van der Waals surface area contributed by atoms with Crippen LogP contribution in [0.15, 0.2) is 63.9 Å². The molecule has 0 amide bonds. The fourth-order valence-corrected chi connectivity index (χ4v) is 2.60. The highest BCUT2D eigenvalue weighted by atomic mass is 79.9. The molecule has 0 bridgehead atoms. The van der Waals surface area contributed by atoms with Crippen molar-refractivity contribution in [2.24, 2.45) is 0 Å². The summed E-state index contributed by atoms with van der Waals surface area (Å²) in [7, 11) is 0. The van der Waals surface area contributed by atoms with Gasteiger partial charge < -0.3 is 10.3 Å². The van der Waals surface area contributed by atoms with Crippen LogP contribution in [0, 0.1) is 0 Å². The molecule has 0 aliphatic rings. The zero-order chi connectivity index (χ0) is 13.9. The summed E-state index contributed by atoms with van der Waals surface area (Å²) in [4.78, 5) is 14.8. The Morgan fingerprint density at radius 3 is 2.75 bits per heavy atom. The van der Waals surface area contributed by atoms with E-state index in [0.717, 1.165) is 21.2 Å². The third-order valence-corrected chi connectivity index (χ3v) is 3.62. The van der Waals surface area contributed by atoms with Crippen LogP contribution in [0.1, 0.15) is 5.56 Å². The van der Waals surface area contributed by atoms with Crippen molar-refractivity contribution in [3.8, 4) is 0 Å². The number of anilines is 1. The molecule has 2 N–H and O–H groups in total. The molecule has 4 heteroatoms. The number of halogens is 1. The fourth-order valence-electron chi connectivity index (χ4n) is 2.15. The van der Waals surface area contributed by atoms with Crippen molar-refractivity contribution < 1.29 is 0 Å². The van der Waals surface area contributed by atoms with E-state index in [1.54, 1.807) is 0 Å². The molecule has 0 aliphatic heterocycles. The molecule has 0 saturated carbocycles. The van der Waals surface area contributed by atoms with Gasteiger partial charge >= 0.3 is 0 Å². The Labute approximate surface area is 124 Å². The Morgan fingerprint density at radius 2 is 1.90 bits per heavy atom. The summed E-state index contributed by atoms with van der Waals surface area (Å²) in [6.07, 6.45) is 0. The molecular formula is C16H13BrN2O. The first-order valence-electron chi connectivity index (χ1n) is 6.33. The topological polar surface area (TPSA) is 44.9 Å². The standard InChI is InChI=1S/C16H13BrN2O/c17-13-6-3-4-11(8-13)10-18-15-9-12-5-1-2-7-14(12)16(20)19-15/h1-9H,10H2,(H2,18,19,20). The number of benzene rings is 2. The van der Waals surface area contributed by atoms with E-state index in [1.807, 2.05) is 54.6 Å². The van der Waals surface area contributed by atoms with Gasteiger partial charge in [0.2, 0.25) is 0 Å². The van der Waals surface area contributed by atoms with Crippen molar-refractivity contribution in [1.29, 1.82) is 0 Å². The Morgan fingerprint density at radius 1 is 1.05 bits per heavy atom. The third-order valence-electron chi connectivity index (χ3n) is 3.13. The van der Waals surface area contributed by atoms with Gasteiger partial charge in [0.25, 0.3) is 5.56 Å². The van der Waals surface area contributed by atoms with E-state index >= 15 is 0 Å². The first-order chi connectivity index (χ1) is 9.72. The minimum absolute atomic E-state index is 0.0696. The van der Waals surface area contributed by atoms with Crippen molar-refractivity contribution in [2.45, 2.75) is 6.54 Å².